The SMILES string of the molecule is [B]c1cc(Br)cc(C(=O)N(C)C)c1NC(=O)c1cc(Cl)nn1-c1ncccc1Cl. The van der Waals surface area contributed by atoms with Crippen molar-refractivity contribution in [3.8, 4) is 5.82 Å². The summed E-state index contributed by atoms with van der Waals surface area (Å²) in [6.07, 6.45) is 1.51. The lowest BCUT2D eigenvalue weighted by molar-refractivity contribution is 0.0828. The second-order valence-corrected chi connectivity index (χ2v) is 7.85. The number of hydrogen-bond donors (Lipinski definition) is 1. The molecule has 2 radical (unpaired) electrons. The van der Waals surface area contributed by atoms with Gasteiger partial charge in [0.25, 0.3) is 11.8 Å². The molecular weight excluding hydrogens is 480 g/mol. The Morgan fingerprint density at radius 3 is 2.62 bits per heavy atom. The van der Waals surface area contributed by atoms with Crippen LogP contribution in [-0.2, 0) is 0 Å². The number of aromatic nitrogens is 3. The Morgan fingerprint density at radius 2 is 1.97 bits per heavy atom. The maximum atomic E-state index is 13.0. The molecule has 0 aliphatic heterocycles. The van der Waals surface area contributed by atoms with E-state index in [0.717, 1.165) is 0 Å². The number of amides is 2. The molecule has 0 fully saturated rings. The van der Waals surface area contributed by atoms with E-state index in [0.29, 0.717) is 4.47 Å². The average molecular weight is 493 g/mol. The van der Waals surface area contributed by atoms with E-state index in [-0.39, 0.29) is 44.3 Å². The molecule has 2 amide bonds. The molecule has 0 saturated heterocycles. The molecule has 11 heteroatoms. The summed E-state index contributed by atoms with van der Waals surface area (Å²) in [7, 11) is 9.27. The Morgan fingerprint density at radius 1 is 1.24 bits per heavy atom. The highest BCUT2D eigenvalue weighted by Gasteiger charge is 2.22. The lowest BCUT2D eigenvalue weighted by atomic mass is 9.91. The minimum absolute atomic E-state index is 0.0705. The van der Waals surface area contributed by atoms with Crippen molar-refractivity contribution in [3.05, 3.63) is 62.4 Å². The van der Waals surface area contributed by atoms with Crippen molar-refractivity contribution in [2.75, 3.05) is 19.4 Å². The van der Waals surface area contributed by atoms with Crippen LogP contribution in [0.3, 0.4) is 0 Å². The molecule has 0 spiro atoms. The Balaban J connectivity index is 2.05. The summed E-state index contributed by atoms with van der Waals surface area (Å²) in [5.41, 5.74) is 0.684. The molecule has 29 heavy (non-hydrogen) atoms. The van der Waals surface area contributed by atoms with Crippen molar-refractivity contribution in [1.82, 2.24) is 19.7 Å². The summed E-state index contributed by atoms with van der Waals surface area (Å²) < 4.78 is 1.83. The van der Waals surface area contributed by atoms with Gasteiger partial charge in [-0.1, -0.05) is 50.7 Å². The lowest BCUT2D eigenvalue weighted by Gasteiger charge is -2.18. The molecule has 7 nitrogen and oxygen atoms in total. The van der Waals surface area contributed by atoms with Gasteiger partial charge in [0, 0.05) is 36.5 Å². The smallest absolute Gasteiger partial charge is 0.274 e. The van der Waals surface area contributed by atoms with Crippen molar-refractivity contribution < 1.29 is 9.59 Å². The van der Waals surface area contributed by atoms with Crippen molar-refractivity contribution in [3.63, 3.8) is 0 Å². The summed E-state index contributed by atoms with van der Waals surface area (Å²) in [6, 6.07) is 7.79. The lowest BCUT2D eigenvalue weighted by Crippen LogP contribution is -2.28. The zero-order chi connectivity index (χ0) is 21.3. The average Bonchev–Trinajstić information content (AvgIpc) is 3.05. The summed E-state index contributed by atoms with van der Waals surface area (Å²) in [6.45, 7) is 0. The Kier molecular flexibility index (Phi) is 6.31. The van der Waals surface area contributed by atoms with Gasteiger partial charge in [-0.3, -0.25) is 9.59 Å². The highest BCUT2D eigenvalue weighted by Crippen LogP contribution is 2.24. The van der Waals surface area contributed by atoms with Crippen molar-refractivity contribution in [1.29, 1.82) is 0 Å². The van der Waals surface area contributed by atoms with Gasteiger partial charge in [-0.2, -0.15) is 5.10 Å². The number of halogens is 3. The normalized spacial score (nSPS) is 10.7. The molecule has 3 rings (SSSR count). The van der Waals surface area contributed by atoms with Gasteiger partial charge >= 0.3 is 0 Å². The molecule has 146 valence electrons. The van der Waals surface area contributed by atoms with Crippen LogP contribution in [0.1, 0.15) is 20.8 Å². The van der Waals surface area contributed by atoms with Gasteiger partial charge in [-0.15, -0.1) is 0 Å². The monoisotopic (exact) mass is 491 g/mol. The zero-order valence-corrected chi connectivity index (χ0v) is 18.4. The topological polar surface area (TPSA) is 80.1 Å². The quantitative estimate of drug-likeness (QED) is 0.568. The summed E-state index contributed by atoms with van der Waals surface area (Å²) in [5.74, 6) is -0.680. The maximum absolute atomic E-state index is 13.0. The molecule has 0 aliphatic carbocycles. The van der Waals surface area contributed by atoms with E-state index in [9.17, 15) is 9.59 Å². The van der Waals surface area contributed by atoms with Gasteiger partial charge in [0.15, 0.2) is 11.0 Å². The van der Waals surface area contributed by atoms with Crippen LogP contribution in [0.2, 0.25) is 10.2 Å². The van der Waals surface area contributed by atoms with Gasteiger partial charge in [0.05, 0.1) is 10.6 Å². The van der Waals surface area contributed by atoms with Gasteiger partial charge in [-0.25, -0.2) is 9.67 Å². The number of nitrogens with one attached hydrogen (secondary N) is 1. The third kappa shape index (κ3) is 4.47. The van der Waals surface area contributed by atoms with Gasteiger partial charge in [0.2, 0.25) is 0 Å². The van der Waals surface area contributed by atoms with Crippen LogP contribution in [0.4, 0.5) is 5.69 Å². The van der Waals surface area contributed by atoms with Crippen molar-refractivity contribution in [2.24, 2.45) is 0 Å². The highest BCUT2D eigenvalue weighted by molar-refractivity contribution is 9.10. The van der Waals surface area contributed by atoms with Crippen LogP contribution in [-0.4, -0.2) is 53.4 Å². The van der Waals surface area contributed by atoms with E-state index in [1.165, 1.54) is 21.8 Å². The van der Waals surface area contributed by atoms with Crippen LogP contribution in [0.5, 0.6) is 0 Å². The number of rotatable bonds is 4. The second-order valence-electron chi connectivity index (χ2n) is 6.14. The van der Waals surface area contributed by atoms with Gasteiger partial charge in [0.1, 0.15) is 13.5 Å². The molecule has 0 unspecified atom stereocenters. The first-order valence-corrected chi connectivity index (χ1v) is 9.72. The van der Waals surface area contributed by atoms with Gasteiger partial charge in [-0.05, 0) is 18.2 Å². The zero-order valence-electron chi connectivity index (χ0n) is 15.3. The summed E-state index contributed by atoms with van der Waals surface area (Å²) in [5, 5.41) is 7.13. The van der Waals surface area contributed by atoms with E-state index in [1.807, 2.05) is 0 Å². The fourth-order valence-corrected chi connectivity index (χ4v) is 3.42. The molecule has 1 aromatic carbocycles. The molecule has 1 N–H and O–H groups in total. The number of anilines is 1. The van der Waals surface area contributed by atoms with E-state index >= 15 is 0 Å². The predicted molar refractivity (Wildman–Crippen MR) is 117 cm³/mol. The highest BCUT2D eigenvalue weighted by atomic mass is 79.9. The molecule has 0 saturated carbocycles. The Bertz CT molecular complexity index is 1120. The third-order valence-corrected chi connectivity index (χ3v) is 4.80. The van der Waals surface area contributed by atoms with Crippen LogP contribution in [0, 0.1) is 0 Å². The standard InChI is InChI=1S/C18H13BBrCl2N5O2/c1-26(2)18(29)10-6-9(20)7-11(19)15(10)24-17(28)13-8-14(22)25-27(13)16-12(21)4-3-5-23-16/h3-8H,1-2H3,(H,24,28). The predicted octanol–water partition coefficient (Wildman–Crippen LogP) is 3.08. The first-order valence-electron chi connectivity index (χ1n) is 8.17. The van der Waals surface area contributed by atoms with E-state index in [1.54, 1.807) is 38.4 Å². The second kappa shape index (κ2) is 8.56. The minimum atomic E-state index is -0.590. The molecule has 2 aromatic heterocycles. The first kappa shape index (κ1) is 21.4. The number of benzene rings is 1. The van der Waals surface area contributed by atoms with E-state index in [2.05, 4.69) is 31.3 Å². The van der Waals surface area contributed by atoms with Crippen LogP contribution < -0.4 is 10.8 Å². The fourth-order valence-electron chi connectivity index (χ4n) is 2.56. The Hall–Kier alpha value is -2.36. The van der Waals surface area contributed by atoms with Gasteiger partial charge < -0.3 is 10.2 Å². The van der Waals surface area contributed by atoms with Crippen molar-refractivity contribution >= 4 is 69.9 Å². The first-order chi connectivity index (χ1) is 13.7. The largest absolute Gasteiger partial charge is 0.345 e. The van der Waals surface area contributed by atoms with Crippen molar-refractivity contribution in [2.45, 2.75) is 0 Å². The number of nitrogens with zero attached hydrogens (tertiary/aromatic N) is 4. The van der Waals surface area contributed by atoms with Crippen LogP contribution in [0.15, 0.2) is 41.0 Å². The van der Waals surface area contributed by atoms with E-state index < -0.39 is 5.91 Å². The minimum Gasteiger partial charge on any atom is -0.345 e. The molecular formula is C18H13BBrCl2N5O2. The molecule has 0 aliphatic rings. The van der Waals surface area contributed by atoms with Crippen LogP contribution >= 0.6 is 39.1 Å². The number of hydrogen-bond acceptors (Lipinski definition) is 4. The molecule has 0 atom stereocenters. The Labute approximate surface area is 186 Å². The number of carbonyl (C=O) groups excluding carboxylic acids is 2. The third-order valence-electron chi connectivity index (χ3n) is 3.86. The molecule has 2 heterocycles. The fraction of sp³-hybridized carbons (Fsp3) is 0.111. The number of pyridine rings is 1. The summed E-state index contributed by atoms with van der Waals surface area (Å²) >= 11 is 15.5. The molecule has 0 bridgehead atoms. The van der Waals surface area contributed by atoms with E-state index in [4.69, 9.17) is 31.0 Å². The summed E-state index contributed by atoms with van der Waals surface area (Å²) in [4.78, 5) is 31.1. The number of carbonyl (C=O) groups is 2. The van der Waals surface area contributed by atoms with Crippen LogP contribution in [0.25, 0.3) is 5.82 Å². The maximum Gasteiger partial charge on any atom is 0.274 e. The molecule has 3 aromatic rings.